The molecule has 0 spiro atoms. The topological polar surface area (TPSA) is 45.3 Å². The molecule has 0 saturated carbocycles. The first kappa shape index (κ1) is 16.9. The van der Waals surface area contributed by atoms with Crippen LogP contribution in [0.15, 0.2) is 54.7 Å². The first-order chi connectivity index (χ1) is 12.7. The highest BCUT2D eigenvalue weighted by Gasteiger charge is 2.28. The summed E-state index contributed by atoms with van der Waals surface area (Å²) < 4.78 is 5.43. The Kier molecular flexibility index (Phi) is 4.76. The molecular weight excluding hydrogens is 324 g/mol. The number of methoxy groups -OCH3 is 1. The molecule has 26 heavy (non-hydrogen) atoms. The normalized spacial score (nSPS) is 18.3. The average Bonchev–Trinajstić information content (AvgIpc) is 3.08. The number of ether oxygens (including phenoxy) is 1. The minimum absolute atomic E-state index is 0.0534. The number of aromatic amines is 1. The lowest BCUT2D eigenvalue weighted by molar-refractivity contribution is -0.126. The van der Waals surface area contributed by atoms with Crippen molar-refractivity contribution in [3.8, 4) is 5.75 Å². The molecule has 1 aliphatic heterocycles. The zero-order chi connectivity index (χ0) is 17.9. The van der Waals surface area contributed by atoms with Gasteiger partial charge in [0.05, 0.1) is 12.6 Å². The Labute approximate surface area is 153 Å². The van der Waals surface area contributed by atoms with Crippen LogP contribution >= 0.6 is 0 Å². The van der Waals surface area contributed by atoms with Gasteiger partial charge in [-0.25, -0.2) is 0 Å². The molecule has 134 valence electrons. The maximum absolute atomic E-state index is 12.5. The summed E-state index contributed by atoms with van der Waals surface area (Å²) >= 11 is 0. The van der Waals surface area contributed by atoms with Crippen LogP contribution in [0, 0.1) is 5.92 Å². The standard InChI is InChI=1S/C22H24N2O2/c1-26-21-9-5-8-19-17(13-23-22(19)21)12-18-15-24(11-10-20(18)25)14-16-6-3-2-4-7-16/h2-9,13,18,23H,10-12,14-15H2,1H3. The van der Waals surface area contributed by atoms with Gasteiger partial charge in [-0.3, -0.25) is 9.69 Å². The highest BCUT2D eigenvalue weighted by molar-refractivity contribution is 5.89. The summed E-state index contributed by atoms with van der Waals surface area (Å²) in [5.41, 5.74) is 3.51. The first-order valence-corrected chi connectivity index (χ1v) is 9.16. The third-order valence-corrected chi connectivity index (χ3v) is 5.31. The molecule has 0 radical (unpaired) electrons. The number of rotatable bonds is 5. The molecule has 1 N–H and O–H groups in total. The number of Topliss-reactive ketones (excluding diaryl/α,β-unsaturated/α-hetero) is 1. The van der Waals surface area contributed by atoms with Gasteiger partial charge >= 0.3 is 0 Å². The number of benzene rings is 2. The highest BCUT2D eigenvalue weighted by Crippen LogP contribution is 2.29. The second-order valence-corrected chi connectivity index (χ2v) is 7.03. The number of aromatic nitrogens is 1. The minimum atomic E-state index is 0.0534. The summed E-state index contributed by atoms with van der Waals surface area (Å²) in [6, 6.07) is 16.5. The van der Waals surface area contributed by atoms with Gasteiger partial charge in [0.15, 0.2) is 0 Å². The number of H-pyrrole nitrogens is 1. The van der Waals surface area contributed by atoms with Gasteiger partial charge in [-0.05, 0) is 23.6 Å². The van der Waals surface area contributed by atoms with Crippen molar-refractivity contribution >= 4 is 16.7 Å². The van der Waals surface area contributed by atoms with E-state index in [2.05, 4.69) is 40.2 Å². The number of hydrogen-bond acceptors (Lipinski definition) is 3. The van der Waals surface area contributed by atoms with Crippen LogP contribution < -0.4 is 4.74 Å². The smallest absolute Gasteiger partial charge is 0.142 e. The number of hydrogen-bond donors (Lipinski definition) is 1. The lowest BCUT2D eigenvalue weighted by atomic mass is 9.89. The van der Waals surface area contributed by atoms with Crippen LogP contribution in [0.5, 0.6) is 5.75 Å². The molecule has 4 rings (SSSR count). The number of ketones is 1. The van der Waals surface area contributed by atoms with Crippen molar-refractivity contribution in [3.63, 3.8) is 0 Å². The average molecular weight is 348 g/mol. The van der Waals surface area contributed by atoms with Crippen LogP contribution in [0.1, 0.15) is 17.5 Å². The van der Waals surface area contributed by atoms with E-state index in [0.29, 0.717) is 12.2 Å². The SMILES string of the molecule is COc1cccc2c(CC3CN(Cc4ccccc4)CCC3=O)c[nH]c12. The summed E-state index contributed by atoms with van der Waals surface area (Å²) in [6.07, 6.45) is 3.44. The Balaban J connectivity index is 1.51. The van der Waals surface area contributed by atoms with Gasteiger partial charge in [-0.2, -0.15) is 0 Å². The number of nitrogens with one attached hydrogen (secondary N) is 1. The monoisotopic (exact) mass is 348 g/mol. The summed E-state index contributed by atoms with van der Waals surface area (Å²) in [4.78, 5) is 18.2. The van der Waals surface area contributed by atoms with Crippen LogP contribution in [0.2, 0.25) is 0 Å². The van der Waals surface area contributed by atoms with Crippen molar-refractivity contribution in [1.82, 2.24) is 9.88 Å². The zero-order valence-corrected chi connectivity index (χ0v) is 15.1. The van der Waals surface area contributed by atoms with Crippen molar-refractivity contribution < 1.29 is 9.53 Å². The Bertz CT molecular complexity index is 901. The fourth-order valence-electron chi connectivity index (χ4n) is 3.93. The number of para-hydroxylation sites is 1. The molecule has 1 unspecified atom stereocenters. The van der Waals surface area contributed by atoms with E-state index in [1.54, 1.807) is 7.11 Å². The third-order valence-electron chi connectivity index (χ3n) is 5.31. The van der Waals surface area contributed by atoms with Crippen molar-refractivity contribution in [1.29, 1.82) is 0 Å². The molecule has 2 aromatic carbocycles. The van der Waals surface area contributed by atoms with Crippen LogP contribution in [0.4, 0.5) is 0 Å². The number of piperidine rings is 1. The van der Waals surface area contributed by atoms with Gasteiger partial charge in [0, 0.05) is 43.6 Å². The largest absolute Gasteiger partial charge is 0.495 e. The van der Waals surface area contributed by atoms with E-state index in [1.165, 1.54) is 11.1 Å². The van der Waals surface area contributed by atoms with Crippen molar-refractivity contribution in [2.75, 3.05) is 20.2 Å². The highest BCUT2D eigenvalue weighted by atomic mass is 16.5. The second-order valence-electron chi connectivity index (χ2n) is 7.03. The third kappa shape index (κ3) is 3.37. The molecular formula is C22H24N2O2. The van der Waals surface area contributed by atoms with Crippen LogP contribution in [0.3, 0.4) is 0 Å². The van der Waals surface area contributed by atoms with E-state index in [4.69, 9.17) is 4.74 Å². The summed E-state index contributed by atoms with van der Waals surface area (Å²) in [6.45, 7) is 2.59. The maximum atomic E-state index is 12.5. The Morgan fingerprint density at radius 1 is 1.15 bits per heavy atom. The van der Waals surface area contributed by atoms with E-state index in [1.807, 2.05) is 24.4 Å². The molecule has 2 heterocycles. The van der Waals surface area contributed by atoms with Gasteiger partial charge in [-0.15, -0.1) is 0 Å². The van der Waals surface area contributed by atoms with Gasteiger partial charge < -0.3 is 9.72 Å². The lowest BCUT2D eigenvalue weighted by Gasteiger charge is -2.31. The zero-order valence-electron chi connectivity index (χ0n) is 15.1. The number of nitrogens with zero attached hydrogens (tertiary/aromatic N) is 1. The van der Waals surface area contributed by atoms with Crippen molar-refractivity contribution in [2.45, 2.75) is 19.4 Å². The molecule has 1 aromatic heterocycles. The lowest BCUT2D eigenvalue weighted by Crippen LogP contribution is -2.41. The predicted octanol–water partition coefficient (Wildman–Crippen LogP) is 3.81. The van der Waals surface area contributed by atoms with Crippen LogP contribution in [0.25, 0.3) is 10.9 Å². The molecule has 1 atom stereocenters. The first-order valence-electron chi connectivity index (χ1n) is 9.16. The Morgan fingerprint density at radius 2 is 2.00 bits per heavy atom. The van der Waals surface area contributed by atoms with Gasteiger partial charge in [0.2, 0.25) is 0 Å². The van der Waals surface area contributed by atoms with E-state index in [-0.39, 0.29) is 5.92 Å². The van der Waals surface area contributed by atoms with Gasteiger partial charge in [0.1, 0.15) is 11.5 Å². The molecule has 0 aliphatic carbocycles. The van der Waals surface area contributed by atoms with Gasteiger partial charge in [-0.1, -0.05) is 42.5 Å². The fourth-order valence-corrected chi connectivity index (χ4v) is 3.93. The predicted molar refractivity (Wildman–Crippen MR) is 103 cm³/mol. The van der Waals surface area contributed by atoms with E-state index in [9.17, 15) is 4.79 Å². The Hall–Kier alpha value is -2.59. The molecule has 3 aromatic rings. The molecule has 4 nitrogen and oxygen atoms in total. The molecule has 0 amide bonds. The van der Waals surface area contributed by atoms with Crippen LogP contribution in [-0.4, -0.2) is 35.9 Å². The second kappa shape index (κ2) is 7.34. The number of carbonyl (C=O) groups is 1. The summed E-state index contributed by atoms with van der Waals surface area (Å²) in [5, 5.41) is 1.15. The quantitative estimate of drug-likeness (QED) is 0.763. The van der Waals surface area contributed by atoms with Gasteiger partial charge in [0.25, 0.3) is 0 Å². The molecule has 0 bridgehead atoms. The molecule has 1 saturated heterocycles. The number of fused-ring (bicyclic) bond motifs is 1. The van der Waals surface area contributed by atoms with Crippen molar-refractivity contribution in [3.05, 3.63) is 65.9 Å². The van der Waals surface area contributed by atoms with E-state index in [0.717, 1.165) is 42.7 Å². The molecule has 1 fully saturated rings. The fraction of sp³-hybridized carbons (Fsp3) is 0.318. The maximum Gasteiger partial charge on any atom is 0.142 e. The minimum Gasteiger partial charge on any atom is -0.495 e. The molecule has 4 heteroatoms. The Morgan fingerprint density at radius 3 is 2.81 bits per heavy atom. The number of carbonyl (C=O) groups excluding carboxylic acids is 1. The number of likely N-dealkylation sites (tertiary alicyclic amines) is 1. The molecule has 1 aliphatic rings. The van der Waals surface area contributed by atoms with Crippen LogP contribution in [-0.2, 0) is 17.8 Å². The van der Waals surface area contributed by atoms with Crippen molar-refractivity contribution in [2.24, 2.45) is 5.92 Å². The summed E-state index contributed by atoms with van der Waals surface area (Å²) in [7, 11) is 1.68. The van der Waals surface area contributed by atoms with E-state index >= 15 is 0 Å². The summed E-state index contributed by atoms with van der Waals surface area (Å²) in [5.74, 6) is 1.28. The van der Waals surface area contributed by atoms with E-state index < -0.39 is 0 Å².